The number of aromatic hydroxyl groups is 2. The molecular weight excluding hydrogens is 350 g/mol. The molecule has 3 aromatic rings. The van der Waals surface area contributed by atoms with Crippen molar-refractivity contribution >= 4 is 17.6 Å². The molecule has 2 aromatic carbocycles. The molecular formula is C20H17NO6. The minimum atomic E-state index is -1.05. The van der Waals surface area contributed by atoms with E-state index in [4.69, 9.17) is 9.52 Å². The van der Waals surface area contributed by atoms with Crippen LogP contribution in [0.1, 0.15) is 21.7 Å². The minimum absolute atomic E-state index is 0.0484. The molecule has 7 heteroatoms. The maximum absolute atomic E-state index is 12.1. The first-order valence-electron chi connectivity index (χ1n) is 8.08. The number of hydrogen-bond acceptors (Lipinski definition) is 5. The first-order valence-corrected chi connectivity index (χ1v) is 8.08. The Morgan fingerprint density at radius 2 is 1.74 bits per heavy atom. The second-order valence-corrected chi connectivity index (χ2v) is 6.00. The van der Waals surface area contributed by atoms with Crippen LogP contribution in [-0.2, 0) is 11.2 Å². The van der Waals surface area contributed by atoms with Crippen molar-refractivity contribution in [3.8, 4) is 22.8 Å². The number of nitrogens with one attached hydrogen (secondary N) is 1. The van der Waals surface area contributed by atoms with Gasteiger partial charge in [0.2, 0.25) is 5.91 Å². The predicted molar refractivity (Wildman–Crippen MR) is 97.9 cm³/mol. The summed E-state index contributed by atoms with van der Waals surface area (Å²) in [6.45, 7) is 1.58. The molecule has 138 valence electrons. The van der Waals surface area contributed by atoms with Crippen molar-refractivity contribution in [1.29, 1.82) is 0 Å². The van der Waals surface area contributed by atoms with Gasteiger partial charge in [0.15, 0.2) is 0 Å². The zero-order valence-corrected chi connectivity index (χ0v) is 14.4. The zero-order valence-electron chi connectivity index (χ0n) is 14.4. The molecule has 27 heavy (non-hydrogen) atoms. The van der Waals surface area contributed by atoms with Crippen molar-refractivity contribution in [2.75, 3.05) is 5.32 Å². The zero-order chi connectivity index (χ0) is 19.6. The topological polar surface area (TPSA) is 120 Å². The molecule has 1 heterocycles. The van der Waals surface area contributed by atoms with Gasteiger partial charge in [-0.2, -0.15) is 0 Å². The molecule has 0 radical (unpaired) electrons. The summed E-state index contributed by atoms with van der Waals surface area (Å²) < 4.78 is 5.47. The highest BCUT2D eigenvalue weighted by Gasteiger charge is 2.15. The van der Waals surface area contributed by atoms with Gasteiger partial charge in [0, 0.05) is 22.9 Å². The number of anilines is 1. The molecule has 0 bridgehead atoms. The molecule has 0 saturated carbocycles. The summed E-state index contributed by atoms with van der Waals surface area (Å²) in [5.41, 5.74) is 1.73. The third kappa shape index (κ3) is 4.09. The molecule has 3 rings (SSSR count). The molecule has 0 aliphatic carbocycles. The van der Waals surface area contributed by atoms with Crippen LogP contribution in [0, 0.1) is 6.92 Å². The van der Waals surface area contributed by atoms with Crippen molar-refractivity contribution in [3.05, 3.63) is 65.4 Å². The Hall–Kier alpha value is -3.74. The van der Waals surface area contributed by atoms with E-state index in [1.165, 1.54) is 24.3 Å². The Bertz CT molecular complexity index is 1000. The second-order valence-electron chi connectivity index (χ2n) is 6.00. The number of aromatic carboxylic acids is 1. The second kappa shape index (κ2) is 7.25. The summed E-state index contributed by atoms with van der Waals surface area (Å²) in [6.07, 6.45) is -0.0484. The lowest BCUT2D eigenvalue weighted by molar-refractivity contribution is -0.115. The van der Waals surface area contributed by atoms with Gasteiger partial charge in [-0.05, 0) is 43.3 Å². The van der Waals surface area contributed by atoms with Crippen LogP contribution in [0.4, 0.5) is 5.69 Å². The normalized spacial score (nSPS) is 10.6. The molecule has 0 fully saturated rings. The summed E-state index contributed by atoms with van der Waals surface area (Å²) in [6, 6.07) is 12.3. The van der Waals surface area contributed by atoms with Crippen LogP contribution in [0.25, 0.3) is 11.3 Å². The van der Waals surface area contributed by atoms with E-state index in [2.05, 4.69) is 5.32 Å². The fourth-order valence-corrected chi connectivity index (χ4v) is 2.63. The lowest BCUT2D eigenvalue weighted by Gasteiger charge is -2.07. The number of benzene rings is 2. The molecule has 0 unspecified atom stereocenters. The first-order chi connectivity index (χ1) is 12.8. The number of hydrogen-bond donors (Lipinski definition) is 4. The quantitative estimate of drug-likeness (QED) is 0.547. The van der Waals surface area contributed by atoms with Gasteiger partial charge in [0.25, 0.3) is 0 Å². The summed E-state index contributed by atoms with van der Waals surface area (Å²) in [7, 11) is 0. The van der Waals surface area contributed by atoms with E-state index in [0.29, 0.717) is 28.3 Å². The summed E-state index contributed by atoms with van der Waals surface area (Å²) in [5, 5.41) is 30.8. The van der Waals surface area contributed by atoms with Crippen LogP contribution < -0.4 is 5.32 Å². The third-order valence-electron chi connectivity index (χ3n) is 4.02. The number of carboxylic acids is 1. The fraction of sp³-hybridized carbons (Fsp3) is 0.100. The van der Waals surface area contributed by atoms with Gasteiger partial charge in [0.05, 0.1) is 6.42 Å². The molecule has 0 atom stereocenters. The SMILES string of the molecule is Cc1oc(-c2ccc(NC(=O)Cc3ccc(O)cc3O)cc2)cc1C(=O)O. The van der Waals surface area contributed by atoms with Gasteiger partial charge in [-0.3, -0.25) is 4.79 Å². The molecule has 0 aliphatic rings. The standard InChI is InChI=1S/C20H17NO6/c1-11-16(20(25)26)10-18(27-11)12-2-5-14(6-3-12)21-19(24)8-13-4-7-15(22)9-17(13)23/h2-7,9-10,22-23H,8H2,1H3,(H,21,24)(H,25,26). The van der Waals surface area contributed by atoms with Crippen molar-refractivity contribution in [3.63, 3.8) is 0 Å². The van der Waals surface area contributed by atoms with Gasteiger partial charge >= 0.3 is 5.97 Å². The number of aryl methyl sites for hydroxylation is 1. The van der Waals surface area contributed by atoms with E-state index in [0.717, 1.165) is 0 Å². The number of phenolic OH excluding ortho intramolecular Hbond substituents is 2. The van der Waals surface area contributed by atoms with E-state index in [9.17, 15) is 19.8 Å². The van der Waals surface area contributed by atoms with E-state index < -0.39 is 5.97 Å². The Balaban J connectivity index is 1.69. The maximum atomic E-state index is 12.1. The van der Waals surface area contributed by atoms with E-state index in [1.807, 2.05) is 0 Å². The van der Waals surface area contributed by atoms with Gasteiger partial charge in [0.1, 0.15) is 28.6 Å². The summed E-state index contributed by atoms with van der Waals surface area (Å²) in [5.74, 6) is -0.857. The molecule has 7 nitrogen and oxygen atoms in total. The van der Waals surface area contributed by atoms with Crippen LogP contribution >= 0.6 is 0 Å². The number of rotatable bonds is 5. The number of carbonyl (C=O) groups excluding carboxylic acids is 1. The number of carboxylic acid groups (broad SMARTS) is 1. The Labute approximate surface area is 154 Å². The van der Waals surface area contributed by atoms with Crippen molar-refractivity contribution < 1.29 is 29.3 Å². The van der Waals surface area contributed by atoms with Crippen LogP contribution in [0.2, 0.25) is 0 Å². The average molecular weight is 367 g/mol. The largest absolute Gasteiger partial charge is 0.508 e. The molecule has 1 aromatic heterocycles. The van der Waals surface area contributed by atoms with Crippen LogP contribution in [0.3, 0.4) is 0 Å². The minimum Gasteiger partial charge on any atom is -0.508 e. The highest BCUT2D eigenvalue weighted by molar-refractivity contribution is 5.93. The highest BCUT2D eigenvalue weighted by atomic mass is 16.4. The first kappa shape index (κ1) is 18.1. The van der Waals surface area contributed by atoms with Crippen molar-refractivity contribution in [2.45, 2.75) is 13.3 Å². The molecule has 4 N–H and O–H groups in total. The maximum Gasteiger partial charge on any atom is 0.339 e. The summed E-state index contributed by atoms with van der Waals surface area (Å²) >= 11 is 0. The van der Waals surface area contributed by atoms with E-state index >= 15 is 0 Å². The van der Waals surface area contributed by atoms with Crippen LogP contribution in [0.5, 0.6) is 11.5 Å². The van der Waals surface area contributed by atoms with Crippen LogP contribution in [-0.4, -0.2) is 27.2 Å². The molecule has 0 saturated heterocycles. The van der Waals surface area contributed by atoms with Gasteiger partial charge in [-0.15, -0.1) is 0 Å². The number of amides is 1. The lowest BCUT2D eigenvalue weighted by Crippen LogP contribution is -2.14. The fourth-order valence-electron chi connectivity index (χ4n) is 2.63. The lowest BCUT2D eigenvalue weighted by atomic mass is 10.1. The van der Waals surface area contributed by atoms with E-state index in [1.54, 1.807) is 31.2 Å². The molecule has 0 spiro atoms. The Morgan fingerprint density at radius 1 is 1.04 bits per heavy atom. The number of phenols is 2. The van der Waals surface area contributed by atoms with Crippen LogP contribution in [0.15, 0.2) is 52.9 Å². The van der Waals surface area contributed by atoms with Gasteiger partial charge in [-0.1, -0.05) is 6.07 Å². The smallest absolute Gasteiger partial charge is 0.339 e. The molecule has 1 amide bonds. The average Bonchev–Trinajstić information content (AvgIpc) is 3.00. The Morgan fingerprint density at radius 3 is 2.33 bits per heavy atom. The predicted octanol–water partition coefficient (Wildman–Crippen LogP) is 3.55. The highest BCUT2D eigenvalue weighted by Crippen LogP contribution is 2.27. The third-order valence-corrected chi connectivity index (χ3v) is 4.02. The molecule has 0 aliphatic heterocycles. The van der Waals surface area contributed by atoms with E-state index in [-0.39, 0.29) is 29.4 Å². The summed E-state index contributed by atoms with van der Waals surface area (Å²) in [4.78, 5) is 23.2. The van der Waals surface area contributed by atoms with Gasteiger partial charge < -0.3 is 25.1 Å². The van der Waals surface area contributed by atoms with Crippen molar-refractivity contribution in [1.82, 2.24) is 0 Å². The monoisotopic (exact) mass is 367 g/mol. The van der Waals surface area contributed by atoms with Gasteiger partial charge in [-0.25, -0.2) is 4.79 Å². The number of carbonyl (C=O) groups is 2. The number of furan rings is 1. The van der Waals surface area contributed by atoms with Crippen molar-refractivity contribution in [2.24, 2.45) is 0 Å². The Kier molecular flexibility index (Phi) is 4.85.